The van der Waals surface area contributed by atoms with E-state index in [1.54, 1.807) is 0 Å². The fraction of sp³-hybridized carbons (Fsp3) is 0.474. The first kappa shape index (κ1) is 16.5. The van der Waals surface area contributed by atoms with E-state index >= 15 is 0 Å². The van der Waals surface area contributed by atoms with Crippen LogP contribution in [0.5, 0.6) is 0 Å². The summed E-state index contributed by atoms with van der Waals surface area (Å²) in [6.07, 6.45) is 14.9. The van der Waals surface area contributed by atoms with E-state index in [1.807, 2.05) is 6.07 Å². The highest BCUT2D eigenvalue weighted by atomic mass is 15.1. The molecule has 0 N–H and O–H groups in total. The highest BCUT2D eigenvalue weighted by Crippen LogP contribution is 2.09. The maximum absolute atomic E-state index is 5.74. The van der Waals surface area contributed by atoms with Crippen molar-refractivity contribution in [2.24, 2.45) is 0 Å². The lowest BCUT2D eigenvalue weighted by Gasteiger charge is -2.26. The van der Waals surface area contributed by atoms with E-state index in [-0.39, 0.29) is 6.04 Å². The maximum Gasteiger partial charge on any atom is 0.0901 e. The van der Waals surface area contributed by atoms with Crippen molar-refractivity contribution in [2.75, 3.05) is 13.1 Å². The van der Waals surface area contributed by atoms with Crippen molar-refractivity contribution >= 4 is 6.08 Å². The standard InChI is InChI=1S/C19H27N/c1-4-7-16-20(17-8-5-2)19(6-3)15-14-18-12-10-9-11-13-18/h3,9-15,19H,4-5,7-8,16-17H2,1-2H3. The maximum atomic E-state index is 5.74. The Labute approximate surface area is 124 Å². The van der Waals surface area contributed by atoms with Gasteiger partial charge in [0.2, 0.25) is 0 Å². The summed E-state index contributed by atoms with van der Waals surface area (Å²) in [4.78, 5) is 2.42. The monoisotopic (exact) mass is 269 g/mol. The molecule has 0 heterocycles. The normalized spacial score (nSPS) is 12.7. The molecule has 0 amide bonds. The summed E-state index contributed by atoms with van der Waals surface area (Å²) in [5, 5.41) is 0. The van der Waals surface area contributed by atoms with Gasteiger partial charge in [-0.3, -0.25) is 4.90 Å². The number of nitrogens with zero attached hydrogens (tertiary/aromatic N) is 1. The smallest absolute Gasteiger partial charge is 0.0901 e. The van der Waals surface area contributed by atoms with Crippen LogP contribution >= 0.6 is 0 Å². The molecule has 1 aromatic carbocycles. The molecule has 20 heavy (non-hydrogen) atoms. The summed E-state index contributed by atoms with van der Waals surface area (Å²) >= 11 is 0. The van der Waals surface area contributed by atoms with Crippen molar-refractivity contribution in [3.05, 3.63) is 42.0 Å². The number of terminal acetylenes is 1. The third-order valence-electron chi connectivity index (χ3n) is 3.43. The fourth-order valence-corrected chi connectivity index (χ4v) is 2.16. The predicted octanol–water partition coefficient (Wildman–Crippen LogP) is 4.60. The van der Waals surface area contributed by atoms with Crippen molar-refractivity contribution in [3.8, 4) is 12.3 Å². The Balaban J connectivity index is 2.68. The Hall–Kier alpha value is -1.52. The molecule has 0 fully saturated rings. The lowest BCUT2D eigenvalue weighted by atomic mass is 10.1. The molecular weight excluding hydrogens is 242 g/mol. The second kappa shape index (κ2) is 10.3. The van der Waals surface area contributed by atoms with Gasteiger partial charge >= 0.3 is 0 Å². The van der Waals surface area contributed by atoms with E-state index in [1.165, 1.54) is 31.2 Å². The van der Waals surface area contributed by atoms with E-state index in [2.05, 4.69) is 61.1 Å². The van der Waals surface area contributed by atoms with Crippen LogP contribution in [0.4, 0.5) is 0 Å². The van der Waals surface area contributed by atoms with Gasteiger partial charge in [0.1, 0.15) is 0 Å². The number of hydrogen-bond donors (Lipinski definition) is 0. The molecule has 0 saturated carbocycles. The van der Waals surface area contributed by atoms with E-state index < -0.39 is 0 Å². The minimum atomic E-state index is 0.105. The number of hydrogen-bond acceptors (Lipinski definition) is 1. The van der Waals surface area contributed by atoms with Crippen LogP contribution in [0.3, 0.4) is 0 Å². The molecule has 0 bridgehead atoms. The Morgan fingerprint density at radius 1 is 1.10 bits per heavy atom. The van der Waals surface area contributed by atoms with Crippen LogP contribution in [-0.2, 0) is 0 Å². The average molecular weight is 269 g/mol. The zero-order chi connectivity index (χ0) is 14.6. The number of unbranched alkanes of at least 4 members (excludes halogenated alkanes) is 2. The molecule has 108 valence electrons. The van der Waals surface area contributed by atoms with Crippen LogP contribution in [-0.4, -0.2) is 24.0 Å². The summed E-state index contributed by atoms with van der Waals surface area (Å²) in [6.45, 7) is 6.63. The number of benzene rings is 1. The van der Waals surface area contributed by atoms with Crippen LogP contribution < -0.4 is 0 Å². The van der Waals surface area contributed by atoms with Gasteiger partial charge in [-0.05, 0) is 31.5 Å². The molecule has 1 heteroatoms. The molecule has 0 spiro atoms. The average Bonchev–Trinajstić information content (AvgIpc) is 2.50. The molecule has 1 nitrogen and oxygen atoms in total. The van der Waals surface area contributed by atoms with Crippen molar-refractivity contribution in [1.82, 2.24) is 4.90 Å². The van der Waals surface area contributed by atoms with Gasteiger partial charge in [-0.15, -0.1) is 6.42 Å². The second-order valence-corrected chi connectivity index (χ2v) is 5.12. The zero-order valence-electron chi connectivity index (χ0n) is 12.9. The largest absolute Gasteiger partial charge is 0.287 e. The van der Waals surface area contributed by atoms with Gasteiger partial charge in [0, 0.05) is 0 Å². The zero-order valence-corrected chi connectivity index (χ0v) is 12.9. The van der Waals surface area contributed by atoms with Crippen LogP contribution in [0.2, 0.25) is 0 Å². The van der Waals surface area contributed by atoms with Crippen molar-refractivity contribution in [3.63, 3.8) is 0 Å². The molecule has 0 aliphatic heterocycles. The van der Waals surface area contributed by atoms with E-state index in [9.17, 15) is 0 Å². The first-order valence-corrected chi connectivity index (χ1v) is 7.75. The molecule has 1 atom stereocenters. The van der Waals surface area contributed by atoms with Crippen molar-refractivity contribution < 1.29 is 0 Å². The Morgan fingerprint density at radius 3 is 2.20 bits per heavy atom. The van der Waals surface area contributed by atoms with Gasteiger partial charge in [0.25, 0.3) is 0 Å². The van der Waals surface area contributed by atoms with Gasteiger partial charge in [0.05, 0.1) is 6.04 Å². The van der Waals surface area contributed by atoms with Crippen molar-refractivity contribution in [1.29, 1.82) is 0 Å². The third-order valence-corrected chi connectivity index (χ3v) is 3.43. The van der Waals surface area contributed by atoms with Gasteiger partial charge in [-0.25, -0.2) is 0 Å². The van der Waals surface area contributed by atoms with Gasteiger partial charge in [0.15, 0.2) is 0 Å². The van der Waals surface area contributed by atoms with Crippen LogP contribution in [0.1, 0.15) is 45.1 Å². The Bertz CT molecular complexity index is 405. The highest BCUT2D eigenvalue weighted by molar-refractivity contribution is 5.50. The quantitative estimate of drug-likeness (QED) is 0.592. The topological polar surface area (TPSA) is 3.24 Å². The minimum Gasteiger partial charge on any atom is -0.287 e. The molecular formula is C19H27N. The third kappa shape index (κ3) is 6.08. The molecule has 1 aromatic rings. The SMILES string of the molecule is C#CC(C=Cc1ccccc1)N(CCCC)CCCC. The lowest BCUT2D eigenvalue weighted by Crippen LogP contribution is -2.34. The van der Waals surface area contributed by atoms with Gasteiger partial charge in [-0.1, -0.05) is 75.1 Å². The van der Waals surface area contributed by atoms with Gasteiger partial charge < -0.3 is 0 Å². The van der Waals surface area contributed by atoms with Crippen LogP contribution in [0.15, 0.2) is 36.4 Å². The molecule has 0 aliphatic rings. The van der Waals surface area contributed by atoms with Gasteiger partial charge in [-0.2, -0.15) is 0 Å². The van der Waals surface area contributed by atoms with Crippen LogP contribution in [0, 0.1) is 12.3 Å². The molecule has 0 saturated heterocycles. The second-order valence-electron chi connectivity index (χ2n) is 5.12. The summed E-state index contributed by atoms with van der Waals surface area (Å²) in [6, 6.07) is 10.4. The Kier molecular flexibility index (Phi) is 8.51. The summed E-state index contributed by atoms with van der Waals surface area (Å²) in [5.41, 5.74) is 1.21. The first-order chi connectivity index (χ1) is 9.81. The Morgan fingerprint density at radius 2 is 1.70 bits per heavy atom. The molecule has 0 radical (unpaired) electrons. The molecule has 0 aliphatic carbocycles. The number of rotatable bonds is 9. The minimum absolute atomic E-state index is 0.105. The molecule has 1 unspecified atom stereocenters. The molecule has 1 rings (SSSR count). The summed E-state index contributed by atoms with van der Waals surface area (Å²) in [5.74, 6) is 2.93. The van der Waals surface area contributed by atoms with Crippen LogP contribution in [0.25, 0.3) is 6.08 Å². The lowest BCUT2D eigenvalue weighted by molar-refractivity contribution is 0.257. The van der Waals surface area contributed by atoms with E-state index in [0.717, 1.165) is 13.1 Å². The summed E-state index contributed by atoms with van der Waals surface area (Å²) in [7, 11) is 0. The molecule has 0 aromatic heterocycles. The van der Waals surface area contributed by atoms with E-state index in [4.69, 9.17) is 6.42 Å². The first-order valence-electron chi connectivity index (χ1n) is 7.75. The van der Waals surface area contributed by atoms with Crippen molar-refractivity contribution in [2.45, 2.75) is 45.6 Å². The predicted molar refractivity (Wildman–Crippen MR) is 89.5 cm³/mol. The highest BCUT2D eigenvalue weighted by Gasteiger charge is 2.11. The fourth-order valence-electron chi connectivity index (χ4n) is 2.16. The van der Waals surface area contributed by atoms with E-state index in [0.29, 0.717) is 0 Å². The summed E-state index contributed by atoms with van der Waals surface area (Å²) < 4.78 is 0.